The SMILES string of the molecule is C/C=C(\C)CN(C)CCN(C)C. The van der Waals surface area contributed by atoms with Crippen molar-refractivity contribution < 1.29 is 0 Å². The number of allylic oxidation sites excluding steroid dienone is 1. The van der Waals surface area contributed by atoms with Crippen LogP contribution < -0.4 is 0 Å². The van der Waals surface area contributed by atoms with Crippen molar-refractivity contribution in [1.29, 1.82) is 0 Å². The number of hydrogen-bond donors (Lipinski definition) is 0. The van der Waals surface area contributed by atoms with Crippen LogP contribution in [0.5, 0.6) is 0 Å². The molecule has 0 bridgehead atoms. The third-order valence-corrected chi connectivity index (χ3v) is 1.94. The third-order valence-electron chi connectivity index (χ3n) is 1.94. The number of nitrogens with zero attached hydrogens (tertiary/aromatic N) is 2. The molecular weight excluding hydrogens is 148 g/mol. The molecule has 0 aromatic heterocycles. The highest BCUT2D eigenvalue weighted by Crippen LogP contribution is 1.94. The summed E-state index contributed by atoms with van der Waals surface area (Å²) in [6.07, 6.45) is 2.17. The van der Waals surface area contributed by atoms with Crippen LogP contribution in [-0.2, 0) is 0 Å². The molecule has 0 saturated carbocycles. The van der Waals surface area contributed by atoms with Crippen LogP contribution in [0.1, 0.15) is 13.8 Å². The van der Waals surface area contributed by atoms with E-state index in [1.807, 2.05) is 0 Å². The molecule has 0 atom stereocenters. The summed E-state index contributed by atoms with van der Waals surface area (Å²) in [4.78, 5) is 4.55. The van der Waals surface area contributed by atoms with Crippen LogP contribution in [-0.4, -0.2) is 50.6 Å². The lowest BCUT2D eigenvalue weighted by Gasteiger charge is -2.19. The third kappa shape index (κ3) is 6.38. The largest absolute Gasteiger partial charge is 0.308 e. The molecule has 72 valence electrons. The Hall–Kier alpha value is -0.340. The average molecular weight is 170 g/mol. The van der Waals surface area contributed by atoms with E-state index in [0.29, 0.717) is 0 Å². The first kappa shape index (κ1) is 11.7. The number of rotatable bonds is 5. The molecule has 2 heteroatoms. The Kier molecular flexibility index (Phi) is 6.03. The van der Waals surface area contributed by atoms with Crippen molar-refractivity contribution in [3.05, 3.63) is 11.6 Å². The van der Waals surface area contributed by atoms with Crippen molar-refractivity contribution in [1.82, 2.24) is 9.80 Å². The average Bonchev–Trinajstić information content (AvgIpc) is 2.00. The molecule has 0 aromatic rings. The Morgan fingerprint density at radius 3 is 2.17 bits per heavy atom. The minimum absolute atomic E-state index is 1.09. The fourth-order valence-corrected chi connectivity index (χ4v) is 0.967. The Balaban J connectivity index is 3.53. The Morgan fingerprint density at radius 2 is 1.75 bits per heavy atom. The van der Waals surface area contributed by atoms with Gasteiger partial charge in [0.05, 0.1) is 0 Å². The topological polar surface area (TPSA) is 6.48 Å². The van der Waals surface area contributed by atoms with Crippen molar-refractivity contribution in [2.24, 2.45) is 0 Å². The maximum atomic E-state index is 2.34. The summed E-state index contributed by atoms with van der Waals surface area (Å²) in [6, 6.07) is 0. The van der Waals surface area contributed by atoms with Crippen LogP contribution in [0.2, 0.25) is 0 Å². The predicted molar refractivity (Wildman–Crippen MR) is 55.5 cm³/mol. The minimum Gasteiger partial charge on any atom is -0.308 e. The van der Waals surface area contributed by atoms with Gasteiger partial charge in [-0.2, -0.15) is 0 Å². The summed E-state index contributed by atoms with van der Waals surface area (Å²) in [5.74, 6) is 0. The van der Waals surface area contributed by atoms with Gasteiger partial charge in [0.2, 0.25) is 0 Å². The van der Waals surface area contributed by atoms with Crippen molar-refractivity contribution in [2.45, 2.75) is 13.8 Å². The summed E-state index contributed by atoms with van der Waals surface area (Å²) in [5, 5.41) is 0. The summed E-state index contributed by atoms with van der Waals surface area (Å²) < 4.78 is 0. The molecule has 0 fully saturated rings. The molecule has 12 heavy (non-hydrogen) atoms. The molecule has 0 heterocycles. The highest BCUT2D eigenvalue weighted by molar-refractivity contribution is 4.97. The van der Waals surface area contributed by atoms with E-state index in [4.69, 9.17) is 0 Å². The zero-order valence-electron chi connectivity index (χ0n) is 9.09. The van der Waals surface area contributed by atoms with Crippen LogP contribution in [0.25, 0.3) is 0 Å². The molecule has 0 aliphatic heterocycles. The molecule has 2 nitrogen and oxygen atoms in total. The highest BCUT2D eigenvalue weighted by atomic mass is 15.1. The first-order valence-electron chi connectivity index (χ1n) is 4.51. The van der Waals surface area contributed by atoms with Gasteiger partial charge in [0, 0.05) is 19.6 Å². The van der Waals surface area contributed by atoms with Gasteiger partial charge >= 0.3 is 0 Å². The van der Waals surface area contributed by atoms with Gasteiger partial charge < -0.3 is 9.80 Å². The highest BCUT2D eigenvalue weighted by Gasteiger charge is 1.98. The van der Waals surface area contributed by atoms with E-state index in [0.717, 1.165) is 19.6 Å². The first-order chi connectivity index (χ1) is 5.56. The van der Waals surface area contributed by atoms with Crippen molar-refractivity contribution in [3.63, 3.8) is 0 Å². The van der Waals surface area contributed by atoms with Gasteiger partial charge in [-0.15, -0.1) is 0 Å². The zero-order valence-corrected chi connectivity index (χ0v) is 9.09. The summed E-state index contributed by atoms with van der Waals surface area (Å²) in [6.45, 7) is 7.62. The van der Waals surface area contributed by atoms with E-state index < -0.39 is 0 Å². The lowest BCUT2D eigenvalue weighted by atomic mass is 10.3. The van der Waals surface area contributed by atoms with E-state index in [2.05, 4.69) is 50.9 Å². The smallest absolute Gasteiger partial charge is 0.0187 e. The predicted octanol–water partition coefficient (Wildman–Crippen LogP) is 1.45. The second kappa shape index (κ2) is 6.21. The quantitative estimate of drug-likeness (QED) is 0.576. The van der Waals surface area contributed by atoms with Gasteiger partial charge in [-0.05, 0) is 35.0 Å². The molecule has 0 aromatic carbocycles. The normalized spacial score (nSPS) is 13.1. The first-order valence-corrected chi connectivity index (χ1v) is 4.51. The molecule has 0 saturated heterocycles. The molecule has 0 spiro atoms. The summed E-state index contributed by atoms with van der Waals surface area (Å²) in [7, 11) is 6.38. The summed E-state index contributed by atoms with van der Waals surface area (Å²) >= 11 is 0. The van der Waals surface area contributed by atoms with Crippen LogP contribution >= 0.6 is 0 Å². The van der Waals surface area contributed by atoms with E-state index in [-0.39, 0.29) is 0 Å². The van der Waals surface area contributed by atoms with Gasteiger partial charge in [0.25, 0.3) is 0 Å². The molecule has 0 aliphatic rings. The van der Waals surface area contributed by atoms with Crippen LogP contribution in [0, 0.1) is 0 Å². The van der Waals surface area contributed by atoms with Gasteiger partial charge in [-0.25, -0.2) is 0 Å². The van der Waals surface area contributed by atoms with Crippen LogP contribution in [0.4, 0.5) is 0 Å². The molecular formula is C10H22N2. The van der Waals surface area contributed by atoms with Gasteiger partial charge in [-0.1, -0.05) is 11.6 Å². The van der Waals surface area contributed by atoms with Crippen LogP contribution in [0.3, 0.4) is 0 Å². The fourth-order valence-electron chi connectivity index (χ4n) is 0.967. The standard InChI is InChI=1S/C10H22N2/c1-6-10(2)9-12(5)8-7-11(3)4/h6H,7-9H2,1-5H3/b10-6+. The second-order valence-corrected chi connectivity index (χ2v) is 3.68. The lowest BCUT2D eigenvalue weighted by molar-refractivity contribution is 0.298. The molecule has 0 unspecified atom stereocenters. The Labute approximate surface area is 76.9 Å². The molecule has 0 radical (unpaired) electrons. The van der Waals surface area contributed by atoms with Crippen molar-refractivity contribution in [2.75, 3.05) is 40.8 Å². The number of likely N-dealkylation sites (N-methyl/N-ethyl adjacent to an activating group) is 2. The molecule has 0 aliphatic carbocycles. The molecule has 0 N–H and O–H groups in total. The lowest BCUT2D eigenvalue weighted by Crippen LogP contribution is -2.29. The van der Waals surface area contributed by atoms with Gasteiger partial charge in [-0.3, -0.25) is 0 Å². The van der Waals surface area contributed by atoms with E-state index in [1.54, 1.807) is 0 Å². The van der Waals surface area contributed by atoms with Gasteiger partial charge in [0.1, 0.15) is 0 Å². The molecule has 0 amide bonds. The van der Waals surface area contributed by atoms with Crippen LogP contribution in [0.15, 0.2) is 11.6 Å². The van der Waals surface area contributed by atoms with Crippen molar-refractivity contribution >= 4 is 0 Å². The maximum Gasteiger partial charge on any atom is 0.0187 e. The Bertz CT molecular complexity index is 139. The maximum absolute atomic E-state index is 2.34. The molecule has 0 rings (SSSR count). The fraction of sp³-hybridized carbons (Fsp3) is 0.800. The Morgan fingerprint density at radius 1 is 1.17 bits per heavy atom. The van der Waals surface area contributed by atoms with Gasteiger partial charge in [0.15, 0.2) is 0 Å². The monoisotopic (exact) mass is 170 g/mol. The van der Waals surface area contributed by atoms with E-state index in [1.165, 1.54) is 5.57 Å². The second-order valence-electron chi connectivity index (χ2n) is 3.68. The number of hydrogen-bond acceptors (Lipinski definition) is 2. The van der Waals surface area contributed by atoms with E-state index in [9.17, 15) is 0 Å². The zero-order chi connectivity index (χ0) is 9.56. The minimum atomic E-state index is 1.09. The van der Waals surface area contributed by atoms with Crippen molar-refractivity contribution in [3.8, 4) is 0 Å². The van der Waals surface area contributed by atoms with E-state index >= 15 is 0 Å². The summed E-state index contributed by atoms with van der Waals surface area (Å²) in [5.41, 5.74) is 1.44.